The predicted octanol–water partition coefficient (Wildman–Crippen LogP) is 2.65. The summed E-state index contributed by atoms with van der Waals surface area (Å²) in [5.74, 6) is 0.108. The highest BCUT2D eigenvalue weighted by atomic mass is 16.1. The minimum Gasteiger partial charge on any atom is -0.361 e. The highest BCUT2D eigenvalue weighted by molar-refractivity contribution is 5.92. The number of aromatic amines is 1. The van der Waals surface area contributed by atoms with Gasteiger partial charge in [0.15, 0.2) is 0 Å². The molecule has 1 aliphatic rings. The smallest absolute Gasteiger partial charge is 0.138 e. The molecule has 2 N–H and O–H groups in total. The van der Waals surface area contributed by atoms with Gasteiger partial charge in [-0.25, -0.2) is 0 Å². The lowest BCUT2D eigenvalue weighted by Crippen LogP contribution is -2.46. The van der Waals surface area contributed by atoms with Crippen molar-refractivity contribution >= 4 is 16.7 Å². The van der Waals surface area contributed by atoms with Gasteiger partial charge in [-0.05, 0) is 32.0 Å². The van der Waals surface area contributed by atoms with Gasteiger partial charge in [0.2, 0.25) is 0 Å². The highest BCUT2D eigenvalue weighted by Gasteiger charge is 2.25. The zero-order chi connectivity index (χ0) is 15.5. The van der Waals surface area contributed by atoms with Crippen LogP contribution in [0.3, 0.4) is 0 Å². The molecule has 0 amide bonds. The van der Waals surface area contributed by atoms with Gasteiger partial charge in [0.1, 0.15) is 5.78 Å². The van der Waals surface area contributed by atoms with Crippen molar-refractivity contribution in [2.45, 2.75) is 25.4 Å². The van der Waals surface area contributed by atoms with E-state index in [0.29, 0.717) is 6.17 Å². The monoisotopic (exact) mass is 297 g/mol. The lowest BCUT2D eigenvalue weighted by atomic mass is 9.94. The van der Waals surface area contributed by atoms with Crippen LogP contribution in [0, 0.1) is 0 Å². The van der Waals surface area contributed by atoms with Crippen LogP contribution in [0.25, 0.3) is 10.9 Å². The number of H-pyrrole nitrogens is 1. The first kappa shape index (κ1) is 15.0. The Morgan fingerprint density at radius 1 is 1.36 bits per heavy atom. The molecule has 1 aliphatic heterocycles. The lowest BCUT2D eigenvalue weighted by Gasteiger charge is -2.32. The number of nitrogens with one attached hydrogen (secondary N) is 2. The molecule has 0 fully saturated rings. The van der Waals surface area contributed by atoms with Crippen LogP contribution in [-0.4, -0.2) is 42.0 Å². The number of ketones is 1. The average molecular weight is 297 g/mol. The van der Waals surface area contributed by atoms with Crippen LogP contribution in [0.1, 0.15) is 24.8 Å². The summed E-state index contributed by atoms with van der Waals surface area (Å²) in [7, 11) is 2.08. The standard InChI is InChI=1S/C18H23N3O/c1-13(22)16(12-21(2)18-9-5-6-10-19-18)15-11-20-17-8-4-3-7-14(15)17/h3-8,11,16,18-20H,9-10,12H2,1-2H3. The van der Waals surface area contributed by atoms with Gasteiger partial charge >= 0.3 is 0 Å². The summed E-state index contributed by atoms with van der Waals surface area (Å²) in [6.45, 7) is 3.31. The molecular weight excluding hydrogens is 274 g/mol. The number of hydrogen-bond donors (Lipinski definition) is 2. The Bertz CT molecular complexity index is 688. The number of nitrogens with zero attached hydrogens (tertiary/aromatic N) is 1. The molecule has 22 heavy (non-hydrogen) atoms. The van der Waals surface area contributed by atoms with Crippen molar-refractivity contribution in [2.75, 3.05) is 20.1 Å². The Hall–Kier alpha value is -1.91. The van der Waals surface area contributed by atoms with E-state index in [4.69, 9.17) is 0 Å². The van der Waals surface area contributed by atoms with Crippen LogP contribution < -0.4 is 5.32 Å². The van der Waals surface area contributed by atoms with Gasteiger partial charge < -0.3 is 4.98 Å². The first-order chi connectivity index (χ1) is 10.7. The van der Waals surface area contributed by atoms with Crippen LogP contribution >= 0.6 is 0 Å². The van der Waals surface area contributed by atoms with Crippen molar-refractivity contribution in [1.82, 2.24) is 15.2 Å². The van der Waals surface area contributed by atoms with E-state index in [1.54, 1.807) is 6.92 Å². The minimum atomic E-state index is -0.103. The van der Waals surface area contributed by atoms with Crippen LogP contribution in [-0.2, 0) is 4.79 Å². The number of Topliss-reactive ketones (excluding diaryl/α,β-unsaturated/α-hetero) is 1. The molecule has 0 radical (unpaired) electrons. The second-order valence-corrected chi connectivity index (χ2v) is 6.02. The number of rotatable bonds is 5. The molecule has 0 spiro atoms. The maximum atomic E-state index is 12.2. The van der Waals surface area contributed by atoms with Crippen molar-refractivity contribution in [3.05, 3.63) is 48.2 Å². The van der Waals surface area contributed by atoms with Gasteiger partial charge in [0.05, 0.1) is 12.1 Å². The number of carbonyl (C=O) groups is 1. The third-order valence-corrected chi connectivity index (χ3v) is 4.49. The minimum absolute atomic E-state index is 0.103. The van der Waals surface area contributed by atoms with Crippen molar-refractivity contribution in [2.24, 2.45) is 0 Å². The number of carbonyl (C=O) groups excluding carboxylic acids is 1. The van der Waals surface area contributed by atoms with Crippen molar-refractivity contribution in [3.63, 3.8) is 0 Å². The van der Waals surface area contributed by atoms with E-state index in [1.807, 2.05) is 24.4 Å². The molecule has 3 rings (SSSR count). The topological polar surface area (TPSA) is 48.1 Å². The molecule has 0 saturated heterocycles. The molecule has 1 aromatic carbocycles. The Morgan fingerprint density at radius 2 is 2.18 bits per heavy atom. The molecule has 4 heteroatoms. The summed E-state index contributed by atoms with van der Waals surface area (Å²) in [5.41, 5.74) is 2.19. The molecule has 4 nitrogen and oxygen atoms in total. The van der Waals surface area contributed by atoms with Gasteiger partial charge in [-0.3, -0.25) is 15.0 Å². The summed E-state index contributed by atoms with van der Waals surface area (Å²) in [6, 6.07) is 8.16. The molecule has 0 saturated carbocycles. The zero-order valence-electron chi connectivity index (χ0n) is 13.2. The zero-order valence-corrected chi connectivity index (χ0v) is 13.2. The van der Waals surface area contributed by atoms with E-state index >= 15 is 0 Å². The second kappa shape index (κ2) is 6.46. The first-order valence-corrected chi connectivity index (χ1v) is 7.82. The second-order valence-electron chi connectivity index (χ2n) is 6.02. The van der Waals surface area contributed by atoms with Crippen molar-refractivity contribution < 1.29 is 4.79 Å². The average Bonchev–Trinajstić information content (AvgIpc) is 2.96. The Balaban J connectivity index is 1.83. The van der Waals surface area contributed by atoms with E-state index in [9.17, 15) is 4.79 Å². The summed E-state index contributed by atoms with van der Waals surface area (Å²) in [6.07, 6.45) is 7.61. The number of likely N-dealkylation sites (N-methyl/N-ethyl adjacent to an activating group) is 1. The molecule has 2 aromatic rings. The quantitative estimate of drug-likeness (QED) is 0.834. The van der Waals surface area contributed by atoms with Gasteiger partial charge in [0, 0.05) is 30.2 Å². The van der Waals surface area contributed by atoms with E-state index in [-0.39, 0.29) is 11.7 Å². The lowest BCUT2D eigenvalue weighted by molar-refractivity contribution is -0.118. The molecule has 2 unspecified atom stereocenters. The summed E-state index contributed by atoms with van der Waals surface area (Å²) < 4.78 is 0. The Labute approximate surface area is 131 Å². The molecule has 0 aliphatic carbocycles. The largest absolute Gasteiger partial charge is 0.361 e. The molecule has 2 atom stereocenters. The van der Waals surface area contributed by atoms with E-state index in [0.717, 1.165) is 36.0 Å². The van der Waals surface area contributed by atoms with Gasteiger partial charge in [-0.15, -0.1) is 0 Å². The van der Waals surface area contributed by atoms with Gasteiger partial charge in [0.25, 0.3) is 0 Å². The molecular formula is C18H23N3O. The summed E-state index contributed by atoms with van der Waals surface area (Å²) in [4.78, 5) is 17.8. The van der Waals surface area contributed by atoms with Crippen LogP contribution in [0.2, 0.25) is 0 Å². The number of fused-ring (bicyclic) bond motifs is 1. The summed E-state index contributed by atoms with van der Waals surface area (Å²) in [5, 5.41) is 4.61. The molecule has 0 bridgehead atoms. The fourth-order valence-electron chi connectivity index (χ4n) is 3.18. The fraction of sp³-hybridized carbons (Fsp3) is 0.389. The van der Waals surface area contributed by atoms with Crippen LogP contribution in [0.4, 0.5) is 0 Å². The maximum Gasteiger partial charge on any atom is 0.138 e. The van der Waals surface area contributed by atoms with Gasteiger partial charge in [-0.1, -0.05) is 30.4 Å². The predicted molar refractivity (Wildman–Crippen MR) is 89.9 cm³/mol. The van der Waals surface area contributed by atoms with E-state index < -0.39 is 0 Å². The summed E-state index contributed by atoms with van der Waals surface area (Å²) >= 11 is 0. The number of hydrogen-bond acceptors (Lipinski definition) is 3. The third-order valence-electron chi connectivity index (χ3n) is 4.49. The Morgan fingerprint density at radius 3 is 2.91 bits per heavy atom. The fourth-order valence-corrected chi connectivity index (χ4v) is 3.18. The highest BCUT2D eigenvalue weighted by Crippen LogP contribution is 2.27. The van der Waals surface area contributed by atoms with Crippen molar-refractivity contribution in [1.29, 1.82) is 0 Å². The van der Waals surface area contributed by atoms with E-state index in [2.05, 4.69) is 40.5 Å². The SMILES string of the molecule is CC(=O)C(CN(C)C1CC=CCN1)c1c[nH]c2ccccc12. The molecule has 1 aromatic heterocycles. The number of benzene rings is 1. The van der Waals surface area contributed by atoms with Gasteiger partial charge in [-0.2, -0.15) is 0 Å². The molecule has 116 valence electrons. The normalized spacial score (nSPS) is 19.7. The third kappa shape index (κ3) is 2.98. The first-order valence-electron chi connectivity index (χ1n) is 7.82. The van der Waals surface area contributed by atoms with Crippen LogP contribution in [0.5, 0.6) is 0 Å². The van der Waals surface area contributed by atoms with Crippen molar-refractivity contribution in [3.8, 4) is 0 Å². The molecule has 2 heterocycles. The maximum absolute atomic E-state index is 12.2. The Kier molecular flexibility index (Phi) is 4.41. The van der Waals surface area contributed by atoms with E-state index in [1.165, 1.54) is 0 Å². The number of para-hydroxylation sites is 1. The number of aromatic nitrogens is 1. The van der Waals surface area contributed by atoms with Crippen LogP contribution in [0.15, 0.2) is 42.6 Å².